The van der Waals surface area contributed by atoms with Crippen molar-refractivity contribution in [2.75, 3.05) is 13.2 Å². The number of oxime groups is 1. The van der Waals surface area contributed by atoms with Gasteiger partial charge in [0.05, 0.1) is 5.71 Å². The van der Waals surface area contributed by atoms with Crippen molar-refractivity contribution in [3.05, 3.63) is 95.3 Å². The van der Waals surface area contributed by atoms with Gasteiger partial charge in [0.15, 0.2) is 6.61 Å². The lowest BCUT2D eigenvalue weighted by Crippen LogP contribution is -2.15. The fourth-order valence-corrected chi connectivity index (χ4v) is 4.32. The van der Waals surface area contributed by atoms with Crippen molar-refractivity contribution < 1.29 is 19.5 Å². The van der Waals surface area contributed by atoms with Gasteiger partial charge in [-0.2, -0.15) is 0 Å². The number of aromatic nitrogens is 1. The van der Waals surface area contributed by atoms with Gasteiger partial charge in [0, 0.05) is 18.8 Å². The summed E-state index contributed by atoms with van der Waals surface area (Å²) in [4.78, 5) is 20.9. The number of hydrogen-bond acceptors (Lipinski definition) is 5. The monoisotopic (exact) mass is 444 g/mol. The van der Waals surface area contributed by atoms with E-state index in [4.69, 9.17) is 14.7 Å². The van der Waals surface area contributed by atoms with Gasteiger partial charge in [0.25, 0.3) is 0 Å². The van der Waals surface area contributed by atoms with Crippen LogP contribution in [-0.4, -0.2) is 35.0 Å². The zero-order valence-electron chi connectivity index (χ0n) is 18.5. The molecule has 2 aromatic carbocycles. The first-order chi connectivity index (χ1) is 16.2. The van der Waals surface area contributed by atoms with Crippen LogP contribution in [-0.2, 0) is 22.5 Å². The maximum absolute atomic E-state index is 10.9. The third-order valence-electron chi connectivity index (χ3n) is 5.87. The van der Waals surface area contributed by atoms with E-state index in [1.165, 1.54) is 5.56 Å². The van der Waals surface area contributed by atoms with Crippen molar-refractivity contribution in [2.24, 2.45) is 5.16 Å². The Labute approximate surface area is 193 Å². The summed E-state index contributed by atoms with van der Waals surface area (Å²) in [5, 5.41) is 13.4. The first-order valence-corrected chi connectivity index (χ1v) is 11.3. The van der Waals surface area contributed by atoms with E-state index in [-0.39, 0.29) is 6.61 Å². The Kier molecular flexibility index (Phi) is 7.69. The molecule has 1 N–H and O–H groups in total. The maximum atomic E-state index is 10.9. The van der Waals surface area contributed by atoms with Crippen molar-refractivity contribution in [1.29, 1.82) is 0 Å². The normalized spacial score (nSPS) is 15.5. The highest BCUT2D eigenvalue weighted by Crippen LogP contribution is 2.38. The zero-order chi connectivity index (χ0) is 22.9. The van der Waals surface area contributed by atoms with E-state index >= 15 is 0 Å². The summed E-state index contributed by atoms with van der Waals surface area (Å²) in [6, 6.07) is 19.9. The first kappa shape index (κ1) is 22.5. The second-order valence-corrected chi connectivity index (χ2v) is 8.16. The molecule has 3 aromatic rings. The molecule has 33 heavy (non-hydrogen) atoms. The molecule has 1 unspecified atom stereocenters. The second-order valence-electron chi connectivity index (χ2n) is 8.16. The van der Waals surface area contributed by atoms with Gasteiger partial charge >= 0.3 is 5.97 Å². The number of fused-ring (bicyclic) bond motifs is 1. The number of benzene rings is 2. The number of ether oxygens (including phenoxy) is 1. The summed E-state index contributed by atoms with van der Waals surface area (Å²) in [5.41, 5.74) is 5.34. The molecule has 0 saturated carbocycles. The Hall–Kier alpha value is -3.67. The Morgan fingerprint density at radius 3 is 2.76 bits per heavy atom. The fourth-order valence-electron chi connectivity index (χ4n) is 4.32. The molecule has 170 valence electrons. The van der Waals surface area contributed by atoms with E-state index in [2.05, 4.69) is 16.2 Å². The van der Waals surface area contributed by atoms with Crippen LogP contribution in [0.5, 0.6) is 5.75 Å². The second kappa shape index (κ2) is 11.3. The van der Waals surface area contributed by atoms with Gasteiger partial charge in [0.1, 0.15) is 12.4 Å². The summed E-state index contributed by atoms with van der Waals surface area (Å²) >= 11 is 0. The molecule has 0 radical (unpaired) electrons. The van der Waals surface area contributed by atoms with E-state index in [9.17, 15) is 4.79 Å². The molecule has 0 amide bonds. The molecule has 6 nitrogen and oxygen atoms in total. The Morgan fingerprint density at radius 2 is 1.97 bits per heavy atom. The minimum Gasteiger partial charge on any atom is -0.482 e. The Balaban J connectivity index is 1.42. The van der Waals surface area contributed by atoms with E-state index in [0.29, 0.717) is 24.7 Å². The molecular weight excluding hydrogens is 416 g/mol. The molecule has 0 aliphatic heterocycles. The average Bonchev–Trinajstić information content (AvgIpc) is 2.85. The van der Waals surface area contributed by atoms with Gasteiger partial charge < -0.3 is 14.7 Å². The minimum atomic E-state index is -0.966. The molecule has 1 aliphatic carbocycles. The van der Waals surface area contributed by atoms with Gasteiger partial charge in [-0.1, -0.05) is 53.7 Å². The molecule has 4 rings (SSSR count). The number of carboxylic acids is 1. The van der Waals surface area contributed by atoms with Crippen LogP contribution in [0.3, 0.4) is 0 Å². The highest BCUT2D eigenvalue weighted by Gasteiger charge is 2.23. The summed E-state index contributed by atoms with van der Waals surface area (Å²) in [5.74, 6) is 0.0592. The third-order valence-corrected chi connectivity index (χ3v) is 5.87. The summed E-state index contributed by atoms with van der Waals surface area (Å²) in [6.07, 6.45) is 8.13. The molecule has 1 atom stereocenters. The number of pyridine rings is 1. The van der Waals surface area contributed by atoms with Gasteiger partial charge in [0.2, 0.25) is 0 Å². The quantitative estimate of drug-likeness (QED) is 0.270. The molecule has 0 saturated heterocycles. The van der Waals surface area contributed by atoms with E-state index in [1.54, 1.807) is 6.20 Å². The number of aliphatic carboxylic acids is 1. The van der Waals surface area contributed by atoms with Crippen LogP contribution in [0.4, 0.5) is 0 Å². The minimum absolute atomic E-state index is 0.321. The maximum Gasteiger partial charge on any atom is 0.341 e. The van der Waals surface area contributed by atoms with Crippen LogP contribution < -0.4 is 4.74 Å². The van der Waals surface area contributed by atoms with Crippen molar-refractivity contribution in [3.63, 3.8) is 0 Å². The molecule has 0 spiro atoms. The van der Waals surface area contributed by atoms with Gasteiger partial charge in [-0.25, -0.2) is 4.79 Å². The van der Waals surface area contributed by atoms with Gasteiger partial charge in [-0.05, 0) is 66.0 Å². The van der Waals surface area contributed by atoms with Crippen molar-refractivity contribution in [3.8, 4) is 5.75 Å². The number of carbonyl (C=O) groups is 1. The molecule has 0 fully saturated rings. The summed E-state index contributed by atoms with van der Waals surface area (Å²) in [7, 11) is 0. The number of hydrogen-bond donors (Lipinski definition) is 1. The smallest absolute Gasteiger partial charge is 0.341 e. The molecular formula is C27H28N2O4. The lowest BCUT2D eigenvalue weighted by Gasteiger charge is -2.26. The van der Waals surface area contributed by atoms with Gasteiger partial charge in [-0.15, -0.1) is 0 Å². The first-order valence-electron chi connectivity index (χ1n) is 11.3. The van der Waals surface area contributed by atoms with Crippen LogP contribution in [0.25, 0.3) is 0 Å². The standard InChI is InChI=1S/C27H28N2O4/c30-27(31)19-32-26-13-5-11-23-21(10-4-12-24(23)26)14-16-33-29-25(22-8-2-1-3-9-22)17-20-7-6-15-28-18-20/h1-3,5-9,11,13,15,18,21H,4,10,12,14,16-17,19H2,(H,30,31). The van der Waals surface area contributed by atoms with Gasteiger partial charge in [-0.3, -0.25) is 4.98 Å². The summed E-state index contributed by atoms with van der Waals surface area (Å²) < 4.78 is 5.52. The third kappa shape index (κ3) is 6.19. The topological polar surface area (TPSA) is 81.0 Å². The van der Waals surface area contributed by atoms with Crippen LogP contribution >= 0.6 is 0 Å². The Bertz CT molecular complexity index is 1080. The van der Waals surface area contributed by atoms with Crippen molar-refractivity contribution in [2.45, 2.75) is 38.0 Å². The van der Waals surface area contributed by atoms with E-state index in [1.807, 2.05) is 60.8 Å². The van der Waals surface area contributed by atoms with E-state index < -0.39 is 5.97 Å². The molecule has 6 heteroatoms. The van der Waals surface area contributed by atoms with Crippen LogP contribution in [0, 0.1) is 0 Å². The largest absolute Gasteiger partial charge is 0.482 e. The SMILES string of the molecule is O=C(O)COc1cccc2c1CCCC2CCON=C(Cc1cccnc1)c1ccccc1. The molecule has 1 aliphatic rings. The number of nitrogens with zero attached hydrogens (tertiary/aromatic N) is 2. The summed E-state index contributed by atoms with van der Waals surface area (Å²) in [6.45, 7) is 0.186. The van der Waals surface area contributed by atoms with Crippen LogP contribution in [0.2, 0.25) is 0 Å². The highest BCUT2D eigenvalue weighted by atomic mass is 16.6. The lowest BCUT2D eigenvalue weighted by atomic mass is 9.81. The zero-order valence-corrected chi connectivity index (χ0v) is 18.5. The molecule has 0 bridgehead atoms. The number of carboxylic acid groups (broad SMARTS) is 1. The average molecular weight is 445 g/mol. The fraction of sp³-hybridized carbons (Fsp3) is 0.296. The van der Waals surface area contributed by atoms with Crippen LogP contribution in [0.1, 0.15) is 47.4 Å². The highest BCUT2D eigenvalue weighted by molar-refractivity contribution is 6.01. The predicted octanol–water partition coefficient (Wildman–Crippen LogP) is 5.02. The predicted molar refractivity (Wildman–Crippen MR) is 127 cm³/mol. The Morgan fingerprint density at radius 1 is 1.09 bits per heavy atom. The molecule has 1 heterocycles. The van der Waals surface area contributed by atoms with Crippen molar-refractivity contribution >= 4 is 11.7 Å². The van der Waals surface area contributed by atoms with Crippen LogP contribution in [0.15, 0.2) is 78.2 Å². The van der Waals surface area contributed by atoms with Crippen molar-refractivity contribution in [1.82, 2.24) is 4.98 Å². The molecule has 1 aromatic heterocycles. The lowest BCUT2D eigenvalue weighted by molar-refractivity contribution is -0.139. The number of rotatable bonds is 10. The van der Waals surface area contributed by atoms with E-state index in [0.717, 1.165) is 48.1 Å².